The maximum atomic E-state index is 10.6. The Balaban J connectivity index is 0.000000321. The molecule has 1 aromatic rings. The lowest BCUT2D eigenvalue weighted by Crippen LogP contribution is -2.43. The first-order chi connectivity index (χ1) is 12.6. The highest BCUT2D eigenvalue weighted by atomic mass is 35.5. The molecule has 0 aliphatic carbocycles. The molecule has 5 nitrogen and oxygen atoms in total. The monoisotopic (exact) mass is 409 g/mol. The van der Waals surface area contributed by atoms with Gasteiger partial charge in [-0.1, -0.05) is 29.8 Å². The van der Waals surface area contributed by atoms with Crippen molar-refractivity contribution < 1.29 is 32.5 Å². The number of carboxylic acid groups (broad SMARTS) is 1. The van der Waals surface area contributed by atoms with Crippen LogP contribution < -0.4 is 0 Å². The minimum Gasteiger partial charge on any atom is -0.475 e. The molecule has 27 heavy (non-hydrogen) atoms. The largest absolute Gasteiger partial charge is 0.490 e. The van der Waals surface area contributed by atoms with Crippen molar-refractivity contribution >= 4 is 17.6 Å². The standard InChI is InChI=1S/C16H22ClNO2.C2HF3O2/c1-19-14-10-16(20-12-14)6-8-18(9-7-16)11-13-4-2-3-5-15(13)17;3-2(4,5)1(6)7/h2-5,14H,6-12H2,1H3;(H,6,7). The van der Waals surface area contributed by atoms with Gasteiger partial charge in [-0.3, -0.25) is 4.90 Å². The molecule has 2 aliphatic heterocycles. The van der Waals surface area contributed by atoms with Gasteiger partial charge in [0, 0.05) is 38.2 Å². The SMILES string of the molecule is COC1COC2(CCN(Cc3ccccc3Cl)CC2)C1.O=C(O)C(F)(F)F. The van der Waals surface area contributed by atoms with Crippen molar-refractivity contribution in [3.05, 3.63) is 34.9 Å². The number of alkyl halides is 3. The van der Waals surface area contributed by atoms with Gasteiger partial charge in [-0.15, -0.1) is 0 Å². The van der Waals surface area contributed by atoms with E-state index in [0.29, 0.717) is 0 Å². The van der Waals surface area contributed by atoms with Crippen LogP contribution in [0.4, 0.5) is 13.2 Å². The summed E-state index contributed by atoms with van der Waals surface area (Å²) in [5, 5.41) is 7.99. The van der Waals surface area contributed by atoms with Crippen LogP contribution in [-0.2, 0) is 20.8 Å². The van der Waals surface area contributed by atoms with E-state index in [9.17, 15) is 13.2 Å². The number of hydrogen-bond acceptors (Lipinski definition) is 4. The highest BCUT2D eigenvalue weighted by Gasteiger charge is 2.42. The van der Waals surface area contributed by atoms with Gasteiger partial charge in [-0.2, -0.15) is 13.2 Å². The predicted octanol–water partition coefficient (Wildman–Crippen LogP) is 3.74. The van der Waals surface area contributed by atoms with E-state index in [1.165, 1.54) is 5.56 Å². The van der Waals surface area contributed by atoms with E-state index in [0.717, 1.165) is 50.5 Å². The van der Waals surface area contributed by atoms with Gasteiger partial charge >= 0.3 is 12.1 Å². The third kappa shape index (κ3) is 6.34. The molecule has 1 unspecified atom stereocenters. The Morgan fingerprint density at radius 3 is 2.44 bits per heavy atom. The Morgan fingerprint density at radius 1 is 1.37 bits per heavy atom. The third-order valence-electron chi connectivity index (χ3n) is 4.87. The number of carboxylic acids is 1. The van der Waals surface area contributed by atoms with Crippen molar-refractivity contribution in [3.63, 3.8) is 0 Å². The van der Waals surface area contributed by atoms with Crippen molar-refractivity contribution in [2.24, 2.45) is 0 Å². The molecule has 2 fully saturated rings. The summed E-state index contributed by atoms with van der Waals surface area (Å²) in [5.74, 6) is -2.76. The molecule has 152 valence electrons. The van der Waals surface area contributed by atoms with Crippen molar-refractivity contribution in [2.75, 3.05) is 26.8 Å². The van der Waals surface area contributed by atoms with Gasteiger partial charge in [-0.25, -0.2) is 4.79 Å². The molecule has 1 aromatic carbocycles. The minimum atomic E-state index is -5.08. The second-order valence-corrected chi connectivity index (χ2v) is 7.13. The van der Waals surface area contributed by atoms with Crippen molar-refractivity contribution in [1.82, 2.24) is 4.90 Å². The van der Waals surface area contributed by atoms with Gasteiger partial charge in [0.1, 0.15) is 0 Å². The summed E-state index contributed by atoms with van der Waals surface area (Å²) < 4.78 is 43.2. The lowest BCUT2D eigenvalue weighted by atomic mass is 9.88. The van der Waals surface area contributed by atoms with E-state index in [2.05, 4.69) is 17.0 Å². The summed E-state index contributed by atoms with van der Waals surface area (Å²) in [7, 11) is 1.78. The Labute approximate surface area is 161 Å². The van der Waals surface area contributed by atoms with Crippen LogP contribution in [0.1, 0.15) is 24.8 Å². The second-order valence-electron chi connectivity index (χ2n) is 6.73. The average molecular weight is 410 g/mol. The predicted molar refractivity (Wildman–Crippen MR) is 93.8 cm³/mol. The van der Waals surface area contributed by atoms with E-state index < -0.39 is 12.1 Å². The topological polar surface area (TPSA) is 59.0 Å². The van der Waals surface area contributed by atoms with Crippen LogP contribution in [0.5, 0.6) is 0 Å². The zero-order valence-corrected chi connectivity index (χ0v) is 15.7. The van der Waals surface area contributed by atoms with Crippen LogP contribution in [-0.4, -0.2) is 60.7 Å². The summed E-state index contributed by atoms with van der Waals surface area (Å²) in [4.78, 5) is 11.4. The van der Waals surface area contributed by atoms with Crippen molar-refractivity contribution in [1.29, 1.82) is 0 Å². The lowest BCUT2D eigenvalue weighted by Gasteiger charge is -2.38. The first-order valence-corrected chi connectivity index (χ1v) is 8.96. The molecule has 0 radical (unpaired) electrons. The van der Waals surface area contributed by atoms with Gasteiger partial charge in [0.25, 0.3) is 0 Å². The fourth-order valence-corrected chi connectivity index (χ4v) is 3.48. The number of methoxy groups -OCH3 is 1. The van der Waals surface area contributed by atoms with E-state index in [-0.39, 0.29) is 11.7 Å². The molecule has 2 saturated heterocycles. The van der Waals surface area contributed by atoms with E-state index in [1.54, 1.807) is 7.11 Å². The lowest BCUT2D eigenvalue weighted by molar-refractivity contribution is -0.192. The summed E-state index contributed by atoms with van der Waals surface area (Å²) in [5.41, 5.74) is 1.28. The van der Waals surface area contributed by atoms with Crippen molar-refractivity contribution in [3.8, 4) is 0 Å². The number of carbonyl (C=O) groups is 1. The van der Waals surface area contributed by atoms with Gasteiger partial charge in [-0.05, 0) is 24.5 Å². The van der Waals surface area contributed by atoms with Crippen LogP contribution in [0.15, 0.2) is 24.3 Å². The molecule has 1 spiro atoms. The quantitative estimate of drug-likeness (QED) is 0.824. The van der Waals surface area contributed by atoms with Gasteiger partial charge in [0.05, 0.1) is 18.3 Å². The van der Waals surface area contributed by atoms with Crippen LogP contribution >= 0.6 is 11.6 Å². The zero-order chi connectivity index (χ0) is 20.1. The van der Waals surface area contributed by atoms with Gasteiger partial charge in [0.15, 0.2) is 0 Å². The highest BCUT2D eigenvalue weighted by molar-refractivity contribution is 6.31. The van der Waals surface area contributed by atoms with E-state index in [1.807, 2.05) is 12.1 Å². The van der Waals surface area contributed by atoms with Crippen LogP contribution in [0, 0.1) is 0 Å². The highest BCUT2D eigenvalue weighted by Crippen LogP contribution is 2.37. The number of piperidine rings is 1. The van der Waals surface area contributed by atoms with Gasteiger partial charge < -0.3 is 14.6 Å². The fourth-order valence-electron chi connectivity index (χ4n) is 3.29. The second kappa shape index (κ2) is 9.23. The molecule has 1 atom stereocenters. The molecule has 2 heterocycles. The number of hydrogen-bond donors (Lipinski definition) is 1. The van der Waals surface area contributed by atoms with Crippen LogP contribution in [0.25, 0.3) is 0 Å². The number of nitrogens with zero attached hydrogens (tertiary/aromatic N) is 1. The number of rotatable bonds is 3. The summed E-state index contributed by atoms with van der Waals surface area (Å²) in [6, 6.07) is 8.11. The number of likely N-dealkylation sites (tertiary alicyclic amines) is 1. The average Bonchev–Trinajstić information content (AvgIpc) is 3.02. The summed E-state index contributed by atoms with van der Waals surface area (Å²) in [6.45, 7) is 3.83. The number of benzene rings is 1. The summed E-state index contributed by atoms with van der Waals surface area (Å²) in [6.07, 6.45) is -1.57. The number of aliphatic carboxylic acids is 1. The maximum absolute atomic E-state index is 10.6. The Morgan fingerprint density at radius 2 is 1.96 bits per heavy atom. The minimum absolute atomic E-state index is 0.0671. The molecule has 3 rings (SSSR count). The number of ether oxygens (including phenoxy) is 2. The van der Waals surface area contributed by atoms with E-state index >= 15 is 0 Å². The molecular weight excluding hydrogens is 387 g/mol. The van der Waals surface area contributed by atoms with E-state index in [4.69, 9.17) is 31.0 Å². The first-order valence-electron chi connectivity index (χ1n) is 8.58. The van der Waals surface area contributed by atoms with Crippen molar-refractivity contribution in [2.45, 2.75) is 43.7 Å². The molecule has 0 aromatic heterocycles. The molecule has 0 saturated carbocycles. The molecule has 0 bridgehead atoms. The summed E-state index contributed by atoms with van der Waals surface area (Å²) >= 11 is 6.23. The zero-order valence-electron chi connectivity index (χ0n) is 15.0. The van der Waals surface area contributed by atoms with Crippen LogP contribution in [0.2, 0.25) is 5.02 Å². The fraction of sp³-hybridized carbons (Fsp3) is 0.611. The van der Waals surface area contributed by atoms with Crippen LogP contribution in [0.3, 0.4) is 0 Å². The smallest absolute Gasteiger partial charge is 0.475 e. The molecule has 9 heteroatoms. The molecule has 1 N–H and O–H groups in total. The van der Waals surface area contributed by atoms with Gasteiger partial charge in [0.2, 0.25) is 0 Å². The maximum Gasteiger partial charge on any atom is 0.490 e. The Kier molecular flexibility index (Phi) is 7.50. The Bertz CT molecular complexity index is 633. The Hall–Kier alpha value is -1.35. The first kappa shape index (κ1) is 21.9. The normalized spacial score (nSPS) is 22.3. The molecule has 2 aliphatic rings. The third-order valence-corrected chi connectivity index (χ3v) is 5.24. The number of halogens is 4. The molecule has 0 amide bonds. The molecular formula is C18H23ClF3NO4.